The van der Waals surface area contributed by atoms with Crippen molar-refractivity contribution in [3.05, 3.63) is 30.3 Å². The average Bonchev–Trinajstić information content (AvgIpc) is 2.27. The van der Waals surface area contributed by atoms with E-state index in [9.17, 15) is 0 Å². The van der Waals surface area contributed by atoms with Crippen LogP contribution in [0.2, 0.25) is 0 Å². The van der Waals surface area contributed by atoms with Crippen LogP contribution in [-0.4, -0.2) is 6.54 Å². The first-order valence-corrected chi connectivity index (χ1v) is 6.45. The molecule has 0 radical (unpaired) electrons. The Morgan fingerprint density at radius 3 is 2.69 bits per heavy atom. The van der Waals surface area contributed by atoms with Crippen molar-refractivity contribution in [2.24, 2.45) is 11.3 Å². The van der Waals surface area contributed by atoms with Gasteiger partial charge >= 0.3 is 0 Å². The van der Waals surface area contributed by atoms with E-state index < -0.39 is 0 Å². The van der Waals surface area contributed by atoms with Gasteiger partial charge in [0.2, 0.25) is 0 Å². The SMILES string of the molecule is CC1(C)CCCC(CNc2ccccc2)C1. The van der Waals surface area contributed by atoms with Crippen molar-refractivity contribution in [3.8, 4) is 0 Å². The van der Waals surface area contributed by atoms with E-state index in [4.69, 9.17) is 0 Å². The maximum Gasteiger partial charge on any atom is 0.0340 e. The molecule has 0 aromatic heterocycles. The first-order valence-electron chi connectivity index (χ1n) is 6.45. The molecule has 1 aliphatic carbocycles. The average molecular weight is 217 g/mol. The zero-order chi connectivity index (χ0) is 11.4. The Morgan fingerprint density at radius 2 is 2.00 bits per heavy atom. The monoisotopic (exact) mass is 217 g/mol. The van der Waals surface area contributed by atoms with E-state index in [1.165, 1.54) is 31.4 Å². The largest absolute Gasteiger partial charge is 0.385 e. The molecule has 1 aromatic carbocycles. The van der Waals surface area contributed by atoms with E-state index in [0.29, 0.717) is 5.41 Å². The van der Waals surface area contributed by atoms with Crippen molar-refractivity contribution < 1.29 is 0 Å². The summed E-state index contributed by atoms with van der Waals surface area (Å²) >= 11 is 0. The van der Waals surface area contributed by atoms with Crippen LogP contribution < -0.4 is 5.32 Å². The van der Waals surface area contributed by atoms with Gasteiger partial charge in [0.05, 0.1) is 0 Å². The number of anilines is 1. The molecular formula is C15H23N. The minimum Gasteiger partial charge on any atom is -0.385 e. The lowest BCUT2D eigenvalue weighted by atomic mass is 9.72. The molecule has 1 heteroatoms. The zero-order valence-electron chi connectivity index (χ0n) is 10.5. The molecule has 0 heterocycles. The second-order valence-electron chi connectivity index (χ2n) is 5.87. The minimum absolute atomic E-state index is 0.557. The molecule has 0 spiro atoms. The van der Waals surface area contributed by atoms with Crippen LogP contribution in [0.25, 0.3) is 0 Å². The van der Waals surface area contributed by atoms with Crippen LogP contribution in [0.1, 0.15) is 39.5 Å². The molecule has 1 N–H and O–H groups in total. The second kappa shape index (κ2) is 4.90. The molecule has 1 nitrogen and oxygen atoms in total. The molecule has 1 aliphatic rings. The van der Waals surface area contributed by atoms with E-state index in [-0.39, 0.29) is 0 Å². The van der Waals surface area contributed by atoms with E-state index in [1.807, 2.05) is 0 Å². The third kappa shape index (κ3) is 3.26. The number of para-hydroxylation sites is 1. The van der Waals surface area contributed by atoms with Gasteiger partial charge in [-0.05, 0) is 42.7 Å². The van der Waals surface area contributed by atoms with Crippen LogP contribution in [0, 0.1) is 11.3 Å². The fraction of sp³-hybridized carbons (Fsp3) is 0.600. The molecule has 1 fully saturated rings. The molecule has 0 saturated heterocycles. The smallest absolute Gasteiger partial charge is 0.0340 e. The maximum atomic E-state index is 3.55. The van der Waals surface area contributed by atoms with Gasteiger partial charge in [0.1, 0.15) is 0 Å². The predicted molar refractivity (Wildman–Crippen MR) is 70.7 cm³/mol. The first-order chi connectivity index (χ1) is 7.66. The molecule has 0 bridgehead atoms. The van der Waals surface area contributed by atoms with Gasteiger partial charge in [0, 0.05) is 12.2 Å². The fourth-order valence-corrected chi connectivity index (χ4v) is 2.85. The number of hydrogen-bond donors (Lipinski definition) is 1. The molecular weight excluding hydrogens is 194 g/mol. The predicted octanol–water partition coefficient (Wildman–Crippen LogP) is 4.31. The Kier molecular flexibility index (Phi) is 3.52. The van der Waals surface area contributed by atoms with Gasteiger partial charge < -0.3 is 5.32 Å². The lowest BCUT2D eigenvalue weighted by Crippen LogP contribution is -2.27. The van der Waals surface area contributed by atoms with Crippen LogP contribution in [0.15, 0.2) is 30.3 Å². The zero-order valence-corrected chi connectivity index (χ0v) is 10.5. The van der Waals surface area contributed by atoms with Gasteiger partial charge in [-0.3, -0.25) is 0 Å². The van der Waals surface area contributed by atoms with Gasteiger partial charge in [-0.1, -0.05) is 38.5 Å². The number of hydrogen-bond acceptors (Lipinski definition) is 1. The topological polar surface area (TPSA) is 12.0 Å². The Morgan fingerprint density at radius 1 is 1.25 bits per heavy atom. The highest BCUT2D eigenvalue weighted by atomic mass is 14.9. The van der Waals surface area contributed by atoms with E-state index in [0.717, 1.165) is 12.5 Å². The van der Waals surface area contributed by atoms with Gasteiger partial charge in [-0.25, -0.2) is 0 Å². The van der Waals surface area contributed by atoms with Crippen LogP contribution in [0.4, 0.5) is 5.69 Å². The highest BCUT2D eigenvalue weighted by Crippen LogP contribution is 2.38. The molecule has 16 heavy (non-hydrogen) atoms. The third-order valence-electron chi connectivity index (χ3n) is 3.68. The normalized spacial score (nSPS) is 24.0. The van der Waals surface area contributed by atoms with Crippen LogP contribution in [0.5, 0.6) is 0 Å². The summed E-state index contributed by atoms with van der Waals surface area (Å²) in [5, 5.41) is 3.55. The summed E-state index contributed by atoms with van der Waals surface area (Å²) in [5.41, 5.74) is 1.81. The van der Waals surface area contributed by atoms with E-state index in [1.54, 1.807) is 0 Å². The van der Waals surface area contributed by atoms with E-state index in [2.05, 4.69) is 49.5 Å². The molecule has 1 atom stereocenters. The van der Waals surface area contributed by atoms with Gasteiger partial charge in [-0.15, -0.1) is 0 Å². The summed E-state index contributed by atoms with van der Waals surface area (Å²) in [4.78, 5) is 0. The van der Waals surface area contributed by atoms with Crippen molar-refractivity contribution >= 4 is 5.69 Å². The summed E-state index contributed by atoms with van der Waals surface area (Å²) in [6, 6.07) is 10.5. The first kappa shape index (κ1) is 11.5. The summed E-state index contributed by atoms with van der Waals surface area (Å²) in [5.74, 6) is 0.851. The highest BCUT2D eigenvalue weighted by Gasteiger charge is 2.27. The maximum absolute atomic E-state index is 3.55. The van der Waals surface area contributed by atoms with Gasteiger partial charge in [0.15, 0.2) is 0 Å². The quantitative estimate of drug-likeness (QED) is 0.795. The summed E-state index contributed by atoms with van der Waals surface area (Å²) in [6.45, 7) is 5.94. The Labute approximate surface area is 99.3 Å². The molecule has 1 unspecified atom stereocenters. The van der Waals surface area contributed by atoms with Crippen LogP contribution >= 0.6 is 0 Å². The Balaban J connectivity index is 1.82. The second-order valence-corrected chi connectivity index (χ2v) is 5.87. The molecule has 88 valence electrons. The molecule has 2 rings (SSSR count). The summed E-state index contributed by atoms with van der Waals surface area (Å²) in [7, 11) is 0. The lowest BCUT2D eigenvalue weighted by molar-refractivity contribution is 0.187. The molecule has 0 amide bonds. The minimum atomic E-state index is 0.557. The third-order valence-corrected chi connectivity index (χ3v) is 3.68. The Bertz CT molecular complexity index is 315. The van der Waals surface area contributed by atoms with Crippen molar-refractivity contribution in [1.82, 2.24) is 0 Å². The number of benzene rings is 1. The molecule has 1 saturated carbocycles. The molecule has 0 aliphatic heterocycles. The highest BCUT2D eigenvalue weighted by molar-refractivity contribution is 5.42. The summed E-state index contributed by atoms with van der Waals surface area (Å²) in [6.07, 6.45) is 5.55. The van der Waals surface area contributed by atoms with Crippen molar-refractivity contribution in [1.29, 1.82) is 0 Å². The molecule has 1 aromatic rings. The number of rotatable bonds is 3. The van der Waals surface area contributed by atoms with Crippen molar-refractivity contribution in [2.45, 2.75) is 39.5 Å². The van der Waals surface area contributed by atoms with Crippen LogP contribution in [-0.2, 0) is 0 Å². The lowest BCUT2D eigenvalue weighted by Gasteiger charge is -2.35. The number of nitrogens with one attached hydrogen (secondary N) is 1. The fourth-order valence-electron chi connectivity index (χ4n) is 2.85. The van der Waals surface area contributed by atoms with Crippen molar-refractivity contribution in [3.63, 3.8) is 0 Å². The van der Waals surface area contributed by atoms with Gasteiger partial charge in [0.25, 0.3) is 0 Å². The van der Waals surface area contributed by atoms with E-state index >= 15 is 0 Å². The Hall–Kier alpha value is -0.980. The standard InChI is InChI=1S/C15H23N/c1-15(2)10-6-7-13(11-15)12-16-14-8-4-3-5-9-14/h3-5,8-9,13,16H,6-7,10-12H2,1-2H3. The van der Waals surface area contributed by atoms with Gasteiger partial charge in [-0.2, -0.15) is 0 Å². The van der Waals surface area contributed by atoms with Crippen LogP contribution in [0.3, 0.4) is 0 Å². The van der Waals surface area contributed by atoms with Crippen molar-refractivity contribution in [2.75, 3.05) is 11.9 Å². The summed E-state index contributed by atoms with van der Waals surface area (Å²) < 4.78 is 0.